The van der Waals surface area contributed by atoms with Crippen molar-refractivity contribution >= 4 is 15.1 Å². The van der Waals surface area contributed by atoms with Crippen LogP contribution in [0.1, 0.15) is 19.8 Å². The van der Waals surface area contributed by atoms with E-state index >= 15 is 0 Å². The maximum absolute atomic E-state index is 2.36. The minimum Gasteiger partial charge on any atom is -0.0859 e. The normalized spacial score (nSPS) is 27.8. The molecule has 1 aliphatic rings. The fourth-order valence-corrected chi connectivity index (χ4v) is 1.33. The zero-order chi connectivity index (χ0) is 5.28. The van der Waals surface area contributed by atoms with Crippen LogP contribution in [0, 0.1) is 0 Å². The van der Waals surface area contributed by atoms with Crippen molar-refractivity contribution in [2.75, 3.05) is 0 Å². The molecule has 0 aliphatic carbocycles. The van der Waals surface area contributed by atoms with Gasteiger partial charge in [0.05, 0.1) is 0 Å². The van der Waals surface area contributed by atoms with E-state index in [9.17, 15) is 0 Å². The van der Waals surface area contributed by atoms with Gasteiger partial charge in [0.2, 0.25) is 0 Å². The lowest BCUT2D eigenvalue weighted by atomic mass is 9.45. The van der Waals surface area contributed by atoms with Gasteiger partial charge in [0.25, 0.3) is 0 Å². The first-order chi connectivity index (χ1) is 3.30. The van der Waals surface area contributed by atoms with Gasteiger partial charge >= 0.3 is 0 Å². The molecule has 0 saturated carbocycles. The van der Waals surface area contributed by atoms with E-state index < -0.39 is 0 Å². The second-order valence-electron chi connectivity index (χ2n) is 2.89. The van der Waals surface area contributed by atoms with E-state index in [0.717, 1.165) is 12.5 Å². The Morgan fingerprint density at radius 1 is 1.50 bits per heavy atom. The Morgan fingerprint density at radius 3 is 2.25 bits per heavy atom. The molecule has 1 saturated heterocycles. The first-order valence-electron chi connectivity index (χ1n) is 3.30. The third kappa shape index (κ3) is 1.57. The quantitative estimate of drug-likeness (QED) is 0.414. The van der Waals surface area contributed by atoms with Crippen LogP contribution in [0.25, 0.3) is 0 Å². The maximum Gasteiger partial charge on any atom is 0.139 e. The Bertz CT molecular complexity index is 55.5. The van der Waals surface area contributed by atoms with Crippen molar-refractivity contribution in [3.63, 3.8) is 0 Å². The molecule has 0 spiro atoms. The molecule has 0 bridgehead atoms. The predicted molar refractivity (Wildman–Crippen MR) is 40.8 cm³/mol. The fourth-order valence-electron chi connectivity index (χ4n) is 1.33. The fraction of sp³-hybridized carbons (Fsp3) is 1.00. The summed E-state index contributed by atoms with van der Waals surface area (Å²) in [6.45, 7) is 5.73. The Kier molecular flexibility index (Phi) is 3.27. The summed E-state index contributed by atoms with van der Waals surface area (Å²) in [5, 5.41) is 0. The van der Waals surface area contributed by atoms with Crippen LogP contribution in [-0.2, 0) is 0 Å². The van der Waals surface area contributed by atoms with Crippen molar-refractivity contribution < 1.29 is 0 Å². The second-order valence-corrected chi connectivity index (χ2v) is 2.89. The van der Waals surface area contributed by atoms with Crippen molar-refractivity contribution in [2.45, 2.75) is 38.7 Å². The van der Waals surface area contributed by atoms with Crippen molar-refractivity contribution in [3.8, 4) is 0 Å². The lowest BCUT2D eigenvalue weighted by molar-refractivity contribution is 0.819. The molecule has 8 heavy (non-hydrogen) atoms. The summed E-state index contributed by atoms with van der Waals surface area (Å²) in [5.41, 5.74) is 0. The van der Waals surface area contributed by atoms with Crippen LogP contribution in [0.3, 0.4) is 0 Å². The van der Waals surface area contributed by atoms with Gasteiger partial charge in [-0.05, 0) is 0 Å². The Balaban J connectivity index is 0.000000490. The summed E-state index contributed by atoms with van der Waals surface area (Å²) >= 11 is 0. The molecule has 0 aromatic carbocycles. The summed E-state index contributed by atoms with van der Waals surface area (Å²) in [6.07, 6.45) is 4.42. The van der Waals surface area contributed by atoms with Gasteiger partial charge in [-0.1, -0.05) is 38.7 Å². The molecule has 2 heteroatoms. The van der Waals surface area contributed by atoms with Crippen LogP contribution in [0.15, 0.2) is 0 Å². The lowest BCUT2D eigenvalue weighted by Crippen LogP contribution is -2.03. The van der Waals surface area contributed by atoms with E-state index in [-0.39, 0.29) is 8.41 Å². The van der Waals surface area contributed by atoms with Gasteiger partial charge in [0.15, 0.2) is 0 Å². The average Bonchev–Trinajstić information content (AvgIpc) is 1.91. The summed E-state index contributed by atoms with van der Waals surface area (Å²) in [7, 11) is 0. The monoisotopic (exact) mass is 107 g/mol. The molecule has 1 aliphatic heterocycles. The highest BCUT2D eigenvalue weighted by Gasteiger charge is 2.21. The highest BCUT2D eigenvalue weighted by atomic mass is 14.0. The molecule has 0 nitrogen and oxygen atoms in total. The second kappa shape index (κ2) is 3.21. The first-order valence-corrected chi connectivity index (χ1v) is 3.30. The smallest absolute Gasteiger partial charge is 0.0859 e. The summed E-state index contributed by atoms with van der Waals surface area (Å²) < 4.78 is 0. The number of rotatable bonds is 0. The minimum absolute atomic E-state index is 0. The SMILES string of the molecule is CB1CCCC1C.[B]. The van der Waals surface area contributed by atoms with Gasteiger partial charge < -0.3 is 0 Å². The van der Waals surface area contributed by atoms with Gasteiger partial charge in [-0.2, -0.15) is 0 Å². The molecule has 1 atom stereocenters. The molecule has 1 rings (SSSR count). The van der Waals surface area contributed by atoms with E-state index in [0.29, 0.717) is 0 Å². The molecule has 0 N–H and O–H groups in total. The number of hydrogen-bond donors (Lipinski definition) is 0. The zero-order valence-electron chi connectivity index (χ0n) is 5.85. The van der Waals surface area contributed by atoms with Crippen molar-refractivity contribution in [3.05, 3.63) is 0 Å². The number of hydrogen-bond acceptors (Lipinski definition) is 0. The van der Waals surface area contributed by atoms with Crippen LogP contribution >= 0.6 is 0 Å². The third-order valence-electron chi connectivity index (χ3n) is 2.29. The van der Waals surface area contributed by atoms with Crippen molar-refractivity contribution in [1.82, 2.24) is 0 Å². The van der Waals surface area contributed by atoms with Gasteiger partial charge in [0.1, 0.15) is 6.71 Å². The van der Waals surface area contributed by atoms with E-state index in [1.54, 1.807) is 0 Å². The summed E-state index contributed by atoms with van der Waals surface area (Å²) in [4.78, 5) is 0. The third-order valence-corrected chi connectivity index (χ3v) is 2.29. The van der Waals surface area contributed by atoms with E-state index in [4.69, 9.17) is 0 Å². The predicted octanol–water partition coefficient (Wildman–Crippen LogP) is 1.91. The van der Waals surface area contributed by atoms with Gasteiger partial charge in [-0.15, -0.1) is 0 Å². The lowest BCUT2D eigenvalue weighted by Gasteiger charge is -2.00. The highest BCUT2D eigenvalue weighted by molar-refractivity contribution is 6.59. The van der Waals surface area contributed by atoms with Crippen LogP contribution in [0.2, 0.25) is 19.0 Å². The molecule has 43 valence electrons. The molecule has 0 aromatic rings. The largest absolute Gasteiger partial charge is 0.139 e. The van der Waals surface area contributed by atoms with Gasteiger partial charge in [0, 0.05) is 8.41 Å². The Morgan fingerprint density at radius 2 is 2.12 bits per heavy atom. The molecule has 1 heterocycles. The van der Waals surface area contributed by atoms with E-state index in [2.05, 4.69) is 13.7 Å². The molecule has 0 aromatic heterocycles. The molecule has 1 fully saturated rings. The molecule has 3 radical (unpaired) electrons. The maximum atomic E-state index is 2.36. The minimum atomic E-state index is 0. The van der Waals surface area contributed by atoms with Crippen LogP contribution < -0.4 is 0 Å². The van der Waals surface area contributed by atoms with Crippen LogP contribution in [0.4, 0.5) is 0 Å². The van der Waals surface area contributed by atoms with Gasteiger partial charge in [-0.25, -0.2) is 0 Å². The Labute approximate surface area is 54.7 Å². The highest BCUT2D eigenvalue weighted by Crippen LogP contribution is 2.29. The summed E-state index contributed by atoms with van der Waals surface area (Å²) in [6, 6.07) is 0. The van der Waals surface area contributed by atoms with E-state index in [1.807, 2.05) is 0 Å². The van der Waals surface area contributed by atoms with Crippen LogP contribution in [-0.4, -0.2) is 15.1 Å². The first kappa shape index (κ1) is 8.13. The standard InChI is InChI=1S/C6H13B.B/c1-6-4-3-5-7(6)2;/h6H,3-5H2,1-2H3;. The molecule has 1 unspecified atom stereocenters. The molecular formula is C6H13B2. The molecular weight excluding hydrogens is 93.7 g/mol. The zero-order valence-corrected chi connectivity index (χ0v) is 5.85. The van der Waals surface area contributed by atoms with Gasteiger partial charge in [-0.3, -0.25) is 0 Å². The average molecular weight is 107 g/mol. The van der Waals surface area contributed by atoms with E-state index in [1.165, 1.54) is 19.2 Å². The van der Waals surface area contributed by atoms with Crippen molar-refractivity contribution in [2.24, 2.45) is 0 Å². The topological polar surface area (TPSA) is 0 Å². The summed E-state index contributed by atoms with van der Waals surface area (Å²) in [5.74, 6) is 1.01. The molecule has 0 amide bonds. The Hall–Kier alpha value is 0.130. The van der Waals surface area contributed by atoms with Crippen molar-refractivity contribution in [1.29, 1.82) is 0 Å². The van der Waals surface area contributed by atoms with Crippen LogP contribution in [0.5, 0.6) is 0 Å².